The van der Waals surface area contributed by atoms with Gasteiger partial charge < -0.3 is 23.9 Å². The summed E-state index contributed by atoms with van der Waals surface area (Å²) in [6.45, 7) is 6.90. The van der Waals surface area contributed by atoms with Crippen molar-refractivity contribution in [2.24, 2.45) is 0 Å². The van der Waals surface area contributed by atoms with Crippen LogP contribution in [0, 0.1) is 13.8 Å². The van der Waals surface area contributed by atoms with Gasteiger partial charge in [-0.15, -0.1) is 0 Å². The fourth-order valence-electron chi connectivity index (χ4n) is 2.93. The van der Waals surface area contributed by atoms with Gasteiger partial charge in [0, 0.05) is 5.69 Å². The van der Waals surface area contributed by atoms with Crippen LogP contribution < -0.4 is 9.47 Å². The van der Waals surface area contributed by atoms with Crippen LogP contribution in [-0.2, 0) is 14.3 Å². The first kappa shape index (κ1) is 23.0. The van der Waals surface area contributed by atoms with Crippen molar-refractivity contribution >= 4 is 17.7 Å². The molecule has 2 aromatic rings. The summed E-state index contributed by atoms with van der Waals surface area (Å²) in [6, 6.07) is 7.00. The smallest absolute Gasteiger partial charge is 0.344 e. The van der Waals surface area contributed by atoms with Crippen LogP contribution in [0.1, 0.15) is 52.4 Å². The third-order valence-corrected chi connectivity index (χ3v) is 4.41. The molecule has 0 saturated heterocycles. The van der Waals surface area contributed by atoms with E-state index in [0.717, 1.165) is 6.42 Å². The largest absolute Gasteiger partial charge is 0.490 e. The van der Waals surface area contributed by atoms with E-state index in [4.69, 9.17) is 18.9 Å². The van der Waals surface area contributed by atoms with Crippen LogP contribution in [0.4, 0.5) is 0 Å². The van der Waals surface area contributed by atoms with Gasteiger partial charge in [-0.2, -0.15) is 0 Å². The molecule has 0 spiro atoms. The molecule has 162 valence electrons. The van der Waals surface area contributed by atoms with Crippen LogP contribution in [0.25, 0.3) is 0 Å². The maximum absolute atomic E-state index is 12.7. The van der Waals surface area contributed by atoms with E-state index in [9.17, 15) is 14.4 Å². The molecule has 0 unspecified atom stereocenters. The van der Waals surface area contributed by atoms with Gasteiger partial charge in [0.2, 0.25) is 5.78 Å². The Labute approximate surface area is 175 Å². The lowest BCUT2D eigenvalue weighted by Crippen LogP contribution is -2.28. The Balaban J connectivity index is 2.00. The number of H-pyrrole nitrogens is 1. The van der Waals surface area contributed by atoms with Crippen molar-refractivity contribution in [3.8, 4) is 11.5 Å². The molecule has 1 atom stereocenters. The summed E-state index contributed by atoms with van der Waals surface area (Å²) in [5.74, 6) is -0.743. The van der Waals surface area contributed by atoms with Crippen LogP contribution in [-0.4, -0.2) is 49.1 Å². The number of methoxy groups -OCH3 is 1. The molecule has 0 aliphatic heterocycles. The normalized spacial score (nSPS) is 11.5. The Morgan fingerprint density at radius 1 is 1.07 bits per heavy atom. The molecule has 0 radical (unpaired) electrons. The number of carbonyl (C=O) groups excluding carboxylic acids is 3. The average Bonchev–Trinajstić information content (AvgIpc) is 3.03. The van der Waals surface area contributed by atoms with Crippen LogP contribution in [0.15, 0.2) is 24.3 Å². The highest BCUT2D eigenvalue weighted by atomic mass is 16.6. The fraction of sp³-hybridized carbons (Fsp3) is 0.409. The number of ether oxygens (including phenoxy) is 4. The number of aromatic amines is 1. The first-order valence-corrected chi connectivity index (χ1v) is 9.65. The molecule has 1 N–H and O–H groups in total. The lowest BCUT2D eigenvalue weighted by atomic mass is 10.1. The molecule has 8 heteroatoms. The lowest BCUT2D eigenvalue weighted by molar-refractivity contribution is -0.148. The second-order valence-electron chi connectivity index (χ2n) is 6.70. The van der Waals surface area contributed by atoms with Crippen molar-refractivity contribution in [3.63, 3.8) is 0 Å². The maximum atomic E-state index is 12.7. The van der Waals surface area contributed by atoms with Gasteiger partial charge in [0.25, 0.3) is 0 Å². The quantitative estimate of drug-likeness (QED) is 0.467. The summed E-state index contributed by atoms with van der Waals surface area (Å²) in [5, 5.41) is 0. The predicted octanol–water partition coefficient (Wildman–Crippen LogP) is 3.40. The van der Waals surface area contributed by atoms with E-state index in [1.807, 2.05) is 6.92 Å². The molecule has 0 amide bonds. The van der Waals surface area contributed by atoms with Crippen molar-refractivity contribution in [1.29, 1.82) is 0 Å². The van der Waals surface area contributed by atoms with Crippen molar-refractivity contribution in [2.75, 3.05) is 20.3 Å². The highest BCUT2D eigenvalue weighted by Crippen LogP contribution is 2.26. The molecule has 0 aliphatic rings. The number of ketones is 1. The topological polar surface area (TPSA) is 104 Å². The molecular weight excluding hydrogens is 390 g/mol. The van der Waals surface area contributed by atoms with Gasteiger partial charge in [0.15, 0.2) is 24.2 Å². The Hall–Kier alpha value is -3.29. The first-order valence-electron chi connectivity index (χ1n) is 9.65. The zero-order valence-corrected chi connectivity index (χ0v) is 17.9. The number of nitrogens with one attached hydrogen (secondary N) is 1. The Morgan fingerprint density at radius 2 is 1.70 bits per heavy atom. The van der Waals surface area contributed by atoms with Crippen LogP contribution in [0.2, 0.25) is 0 Å². The Morgan fingerprint density at radius 3 is 2.30 bits per heavy atom. The maximum Gasteiger partial charge on any atom is 0.344 e. The second-order valence-corrected chi connectivity index (χ2v) is 6.70. The van der Waals surface area contributed by atoms with Crippen molar-refractivity contribution in [3.05, 3.63) is 46.8 Å². The summed E-state index contributed by atoms with van der Waals surface area (Å²) < 4.78 is 21.0. The van der Waals surface area contributed by atoms with Crippen molar-refractivity contribution < 1.29 is 33.3 Å². The SMILES string of the molecule is CCCOc1ccccc1OCC(=O)O[C@H](C)C(=O)c1[nH]c(C)c(C(=O)OC)c1C. The van der Waals surface area contributed by atoms with E-state index in [0.29, 0.717) is 34.9 Å². The molecular formula is C22H27NO7. The zero-order valence-electron chi connectivity index (χ0n) is 17.9. The summed E-state index contributed by atoms with van der Waals surface area (Å²) >= 11 is 0. The molecule has 1 heterocycles. The number of carbonyl (C=O) groups is 3. The first-order chi connectivity index (χ1) is 14.3. The third-order valence-electron chi connectivity index (χ3n) is 4.41. The summed E-state index contributed by atoms with van der Waals surface area (Å²) in [4.78, 5) is 39.6. The van der Waals surface area contributed by atoms with Crippen LogP contribution in [0.5, 0.6) is 11.5 Å². The highest BCUT2D eigenvalue weighted by Gasteiger charge is 2.27. The second kappa shape index (κ2) is 10.5. The third kappa shape index (κ3) is 5.40. The predicted molar refractivity (Wildman–Crippen MR) is 109 cm³/mol. The minimum absolute atomic E-state index is 0.201. The fourth-order valence-corrected chi connectivity index (χ4v) is 2.93. The van der Waals surface area contributed by atoms with Gasteiger partial charge in [-0.1, -0.05) is 19.1 Å². The highest BCUT2D eigenvalue weighted by molar-refractivity contribution is 6.03. The number of hydrogen-bond donors (Lipinski definition) is 1. The van der Waals surface area contributed by atoms with Gasteiger partial charge in [0.05, 0.1) is 25.0 Å². The number of benzene rings is 1. The molecule has 0 fully saturated rings. The molecule has 1 aromatic carbocycles. The standard InChI is InChI=1S/C22H27NO7/c1-6-11-28-16-9-7-8-10-17(16)29-12-18(24)30-15(4)21(25)20-13(2)19(14(3)23-20)22(26)27-5/h7-10,15,23H,6,11-12H2,1-5H3/t15-/m1/s1. The molecule has 0 bridgehead atoms. The van der Waals surface area contributed by atoms with Crippen molar-refractivity contribution in [2.45, 2.75) is 40.2 Å². The molecule has 2 rings (SSSR count). The summed E-state index contributed by atoms with van der Waals surface area (Å²) in [7, 11) is 1.27. The van der Waals surface area contributed by atoms with Crippen LogP contribution >= 0.6 is 0 Å². The molecule has 0 saturated carbocycles. The van der Waals surface area contributed by atoms with E-state index in [2.05, 4.69) is 4.98 Å². The van der Waals surface area contributed by atoms with Gasteiger partial charge >= 0.3 is 11.9 Å². The van der Waals surface area contributed by atoms with Crippen molar-refractivity contribution in [1.82, 2.24) is 4.98 Å². The molecule has 1 aromatic heterocycles. The molecule has 30 heavy (non-hydrogen) atoms. The number of hydrogen-bond acceptors (Lipinski definition) is 7. The summed E-state index contributed by atoms with van der Waals surface area (Å²) in [5.41, 5.74) is 1.46. The van der Waals surface area contributed by atoms with E-state index in [1.165, 1.54) is 14.0 Å². The number of Topliss-reactive ketones (excluding diaryl/α,β-unsaturated/α-hetero) is 1. The number of esters is 2. The van der Waals surface area contributed by atoms with E-state index < -0.39 is 23.8 Å². The van der Waals surface area contributed by atoms with Gasteiger partial charge in [-0.3, -0.25) is 4.79 Å². The minimum atomic E-state index is -1.06. The molecule has 8 nitrogen and oxygen atoms in total. The van der Waals surface area contributed by atoms with E-state index >= 15 is 0 Å². The Kier molecular flexibility index (Phi) is 8.03. The molecule has 0 aliphatic carbocycles. The van der Waals surface area contributed by atoms with Crippen LogP contribution in [0.3, 0.4) is 0 Å². The Bertz CT molecular complexity index is 916. The lowest BCUT2D eigenvalue weighted by Gasteiger charge is -2.14. The van der Waals surface area contributed by atoms with E-state index in [-0.39, 0.29) is 12.3 Å². The summed E-state index contributed by atoms with van der Waals surface area (Å²) in [6.07, 6.45) is -0.222. The average molecular weight is 417 g/mol. The number of aromatic nitrogens is 1. The monoisotopic (exact) mass is 417 g/mol. The zero-order chi connectivity index (χ0) is 22.3. The van der Waals surface area contributed by atoms with Gasteiger partial charge in [-0.05, 0) is 44.9 Å². The number of rotatable bonds is 10. The van der Waals surface area contributed by atoms with Gasteiger partial charge in [-0.25, -0.2) is 9.59 Å². The minimum Gasteiger partial charge on any atom is -0.490 e. The van der Waals surface area contributed by atoms with E-state index in [1.54, 1.807) is 38.1 Å². The number of aryl methyl sites for hydroxylation is 1. The number of para-hydroxylation sites is 2. The van der Waals surface area contributed by atoms with Gasteiger partial charge in [0.1, 0.15) is 0 Å².